The molecule has 1 unspecified atom stereocenters. The van der Waals surface area contributed by atoms with Crippen molar-refractivity contribution in [1.82, 2.24) is 10.6 Å². The van der Waals surface area contributed by atoms with Crippen molar-refractivity contribution >= 4 is 35.6 Å². The van der Waals surface area contributed by atoms with Crippen LogP contribution in [0.5, 0.6) is 5.75 Å². The Kier molecular flexibility index (Phi) is 8.80. The molecule has 2 N–H and O–H groups in total. The third-order valence-electron chi connectivity index (χ3n) is 5.91. The van der Waals surface area contributed by atoms with E-state index >= 15 is 0 Å². The van der Waals surface area contributed by atoms with Crippen LogP contribution in [0.15, 0.2) is 53.5 Å². The van der Waals surface area contributed by atoms with E-state index in [9.17, 15) is 4.39 Å². The summed E-state index contributed by atoms with van der Waals surface area (Å²) in [6.45, 7) is 6.24. The maximum absolute atomic E-state index is 13.5. The number of halogens is 2. The summed E-state index contributed by atoms with van der Waals surface area (Å²) in [5, 5.41) is 7.00. The van der Waals surface area contributed by atoms with E-state index in [0.717, 1.165) is 69.4 Å². The molecule has 2 heterocycles. The quantitative estimate of drug-likeness (QED) is 0.334. The minimum atomic E-state index is -0.177. The average molecular weight is 538 g/mol. The van der Waals surface area contributed by atoms with Crippen molar-refractivity contribution < 1.29 is 9.13 Å². The molecule has 2 aliphatic heterocycles. The highest BCUT2D eigenvalue weighted by Gasteiger charge is 2.23. The summed E-state index contributed by atoms with van der Waals surface area (Å²) >= 11 is 0. The van der Waals surface area contributed by atoms with Gasteiger partial charge in [-0.2, -0.15) is 0 Å². The molecule has 0 aliphatic carbocycles. The fraction of sp³-hybridized carbons (Fsp3) is 0.458. The molecule has 1 atom stereocenters. The largest absolute Gasteiger partial charge is 0.493 e. The van der Waals surface area contributed by atoms with Crippen LogP contribution in [0, 0.1) is 5.82 Å². The Morgan fingerprint density at radius 1 is 1.13 bits per heavy atom. The van der Waals surface area contributed by atoms with Crippen molar-refractivity contribution in [2.24, 2.45) is 4.99 Å². The smallest absolute Gasteiger partial charge is 0.191 e. The topological polar surface area (TPSA) is 48.9 Å². The summed E-state index contributed by atoms with van der Waals surface area (Å²) in [7, 11) is 0. The lowest BCUT2D eigenvalue weighted by Gasteiger charge is -2.34. The lowest BCUT2D eigenvalue weighted by molar-refractivity contribution is 0.269. The number of ether oxygens (including phenoxy) is 1. The summed E-state index contributed by atoms with van der Waals surface area (Å²) in [5.41, 5.74) is 2.22. The second kappa shape index (κ2) is 11.5. The molecule has 2 aliphatic rings. The van der Waals surface area contributed by atoms with Gasteiger partial charge in [-0.15, -0.1) is 24.0 Å². The molecule has 0 bridgehead atoms. The van der Waals surface area contributed by atoms with E-state index in [1.807, 2.05) is 18.2 Å². The fourth-order valence-electron chi connectivity index (χ4n) is 4.28. The van der Waals surface area contributed by atoms with Crippen LogP contribution >= 0.6 is 24.0 Å². The van der Waals surface area contributed by atoms with Crippen molar-refractivity contribution in [1.29, 1.82) is 0 Å². The predicted octanol–water partition coefficient (Wildman–Crippen LogP) is 4.53. The Labute approximate surface area is 201 Å². The molecule has 2 aromatic carbocycles. The van der Waals surface area contributed by atoms with Crippen LogP contribution < -0.4 is 20.3 Å². The molecule has 0 saturated carbocycles. The maximum Gasteiger partial charge on any atom is 0.191 e. The van der Waals surface area contributed by atoms with Gasteiger partial charge < -0.3 is 20.3 Å². The van der Waals surface area contributed by atoms with Crippen molar-refractivity contribution in [3.8, 4) is 5.75 Å². The first-order valence-electron chi connectivity index (χ1n) is 11.0. The first-order valence-corrected chi connectivity index (χ1v) is 11.0. The van der Waals surface area contributed by atoms with Gasteiger partial charge in [0.25, 0.3) is 0 Å². The number of fused-ring (bicyclic) bond motifs is 1. The summed E-state index contributed by atoms with van der Waals surface area (Å²) in [5.74, 6) is 2.08. The monoisotopic (exact) mass is 538 g/mol. The third kappa shape index (κ3) is 6.24. The van der Waals surface area contributed by atoms with Crippen molar-refractivity contribution in [3.05, 3.63) is 59.9 Å². The minimum Gasteiger partial charge on any atom is -0.493 e. The van der Waals surface area contributed by atoms with E-state index in [2.05, 4.69) is 34.6 Å². The van der Waals surface area contributed by atoms with Crippen LogP contribution in [0.2, 0.25) is 0 Å². The maximum atomic E-state index is 13.5. The van der Waals surface area contributed by atoms with E-state index in [1.54, 1.807) is 12.1 Å². The number of para-hydroxylation sites is 1. The van der Waals surface area contributed by atoms with Crippen molar-refractivity contribution in [3.63, 3.8) is 0 Å². The standard InChI is InChI=1S/C24H31FN4O.HI/c1-2-26-24(27-17-18-12-15-30-23-9-4-3-8-22(18)23)28-20-10-13-29(14-11-20)21-7-5-6-19(25)16-21;/h3-9,16,18,20H,2,10-15,17H2,1H3,(H2,26,27,28);1H. The fourth-order valence-corrected chi connectivity index (χ4v) is 4.28. The van der Waals surface area contributed by atoms with Crippen molar-refractivity contribution in [2.75, 3.05) is 37.7 Å². The molecule has 5 nitrogen and oxygen atoms in total. The molecule has 31 heavy (non-hydrogen) atoms. The molecule has 1 saturated heterocycles. The van der Waals surface area contributed by atoms with Gasteiger partial charge in [-0.1, -0.05) is 24.3 Å². The number of benzene rings is 2. The highest BCUT2D eigenvalue weighted by molar-refractivity contribution is 14.0. The molecule has 0 radical (unpaired) electrons. The van der Waals surface area contributed by atoms with E-state index in [0.29, 0.717) is 12.0 Å². The number of guanidine groups is 1. The first-order chi connectivity index (χ1) is 14.7. The Morgan fingerprint density at radius 3 is 2.71 bits per heavy atom. The highest BCUT2D eigenvalue weighted by Crippen LogP contribution is 2.33. The average Bonchev–Trinajstić information content (AvgIpc) is 2.78. The van der Waals surface area contributed by atoms with Gasteiger partial charge in [0, 0.05) is 43.8 Å². The van der Waals surface area contributed by atoms with Crippen LogP contribution in [0.25, 0.3) is 0 Å². The SMILES string of the molecule is CCNC(=NCC1CCOc2ccccc21)NC1CCN(c2cccc(F)c2)CC1.I. The van der Waals surface area contributed by atoms with Crippen LogP contribution in [-0.2, 0) is 0 Å². The molecule has 0 spiro atoms. The zero-order valence-corrected chi connectivity index (χ0v) is 20.3. The summed E-state index contributed by atoms with van der Waals surface area (Å²) in [4.78, 5) is 7.15. The number of hydrogen-bond acceptors (Lipinski definition) is 3. The number of hydrogen-bond donors (Lipinski definition) is 2. The molecule has 1 fully saturated rings. The van der Waals surface area contributed by atoms with Crippen LogP contribution in [0.3, 0.4) is 0 Å². The molecule has 2 aromatic rings. The Hall–Kier alpha value is -2.03. The predicted molar refractivity (Wildman–Crippen MR) is 135 cm³/mol. The lowest BCUT2D eigenvalue weighted by Crippen LogP contribution is -2.49. The van der Waals surface area contributed by atoms with Gasteiger partial charge in [0.05, 0.1) is 6.61 Å². The Balaban J connectivity index is 0.00000272. The number of aliphatic imine (C=N–C) groups is 1. The van der Waals surface area contributed by atoms with E-state index in [-0.39, 0.29) is 29.8 Å². The van der Waals surface area contributed by atoms with Gasteiger partial charge in [-0.3, -0.25) is 4.99 Å². The minimum absolute atomic E-state index is 0. The number of nitrogens with zero attached hydrogens (tertiary/aromatic N) is 2. The molecule has 0 amide bonds. The molecule has 168 valence electrons. The highest BCUT2D eigenvalue weighted by atomic mass is 127. The van der Waals surface area contributed by atoms with E-state index in [4.69, 9.17) is 9.73 Å². The first kappa shape index (κ1) is 23.6. The van der Waals surface area contributed by atoms with E-state index < -0.39 is 0 Å². The molecule has 0 aromatic heterocycles. The van der Waals surface area contributed by atoms with Crippen LogP contribution in [-0.4, -0.2) is 44.8 Å². The summed E-state index contributed by atoms with van der Waals surface area (Å²) in [6, 6.07) is 15.5. The second-order valence-electron chi connectivity index (χ2n) is 7.98. The second-order valence-corrected chi connectivity index (χ2v) is 7.98. The molecular formula is C24H32FIN4O. The summed E-state index contributed by atoms with van der Waals surface area (Å²) in [6.07, 6.45) is 2.99. The van der Waals surface area contributed by atoms with Crippen LogP contribution in [0.1, 0.15) is 37.7 Å². The van der Waals surface area contributed by atoms with Gasteiger partial charge in [0.1, 0.15) is 11.6 Å². The number of nitrogens with one attached hydrogen (secondary N) is 2. The lowest BCUT2D eigenvalue weighted by atomic mass is 9.93. The van der Waals surface area contributed by atoms with Gasteiger partial charge in [0.2, 0.25) is 0 Å². The van der Waals surface area contributed by atoms with Crippen molar-refractivity contribution in [2.45, 2.75) is 38.1 Å². The van der Waals surface area contributed by atoms with Gasteiger partial charge in [-0.05, 0) is 56.0 Å². The summed E-state index contributed by atoms with van der Waals surface area (Å²) < 4.78 is 19.3. The Bertz CT molecular complexity index is 870. The normalized spacial score (nSPS) is 19.1. The third-order valence-corrected chi connectivity index (χ3v) is 5.91. The molecule has 4 rings (SSSR count). The number of rotatable bonds is 5. The number of anilines is 1. The number of piperidine rings is 1. The Morgan fingerprint density at radius 2 is 1.94 bits per heavy atom. The molecular weight excluding hydrogens is 506 g/mol. The van der Waals surface area contributed by atoms with E-state index in [1.165, 1.54) is 11.6 Å². The van der Waals surface area contributed by atoms with Crippen LogP contribution in [0.4, 0.5) is 10.1 Å². The van der Waals surface area contributed by atoms with Gasteiger partial charge in [-0.25, -0.2) is 4.39 Å². The van der Waals surface area contributed by atoms with Gasteiger partial charge >= 0.3 is 0 Å². The van der Waals surface area contributed by atoms with Gasteiger partial charge in [0.15, 0.2) is 5.96 Å². The molecule has 7 heteroatoms. The zero-order valence-electron chi connectivity index (χ0n) is 18.0. The zero-order chi connectivity index (χ0) is 20.8.